The Balaban J connectivity index is 1.71. The number of hydrogen-bond donors (Lipinski definition) is 0. The molecule has 0 unspecified atom stereocenters. The topological polar surface area (TPSA) is 18.5 Å². The summed E-state index contributed by atoms with van der Waals surface area (Å²) >= 11 is 0. The van der Waals surface area contributed by atoms with Crippen LogP contribution in [0.5, 0.6) is 0 Å². The van der Waals surface area contributed by atoms with Gasteiger partial charge in [-0.1, -0.05) is 24.3 Å². The molecule has 2 aliphatic rings. The van der Waals surface area contributed by atoms with Gasteiger partial charge in [0.05, 0.1) is 11.2 Å². The molecular formula is C16H21BF2O2. The van der Waals surface area contributed by atoms with Crippen LogP contribution in [0.1, 0.15) is 52.0 Å². The molecule has 2 fully saturated rings. The van der Waals surface area contributed by atoms with E-state index >= 15 is 0 Å². The van der Waals surface area contributed by atoms with E-state index in [4.69, 9.17) is 9.31 Å². The van der Waals surface area contributed by atoms with Gasteiger partial charge in [-0.15, -0.1) is 0 Å². The summed E-state index contributed by atoms with van der Waals surface area (Å²) < 4.78 is 37.8. The molecule has 1 aliphatic carbocycles. The molecule has 0 amide bonds. The fraction of sp³-hybridized carbons (Fsp3) is 0.625. The lowest BCUT2D eigenvalue weighted by Crippen LogP contribution is -2.41. The second kappa shape index (κ2) is 4.53. The Morgan fingerprint density at radius 3 is 1.86 bits per heavy atom. The Labute approximate surface area is 125 Å². The van der Waals surface area contributed by atoms with Crippen LogP contribution in [0, 0.1) is 0 Å². The minimum absolute atomic E-state index is 0.0210. The van der Waals surface area contributed by atoms with Crippen molar-refractivity contribution in [1.29, 1.82) is 0 Å². The maximum Gasteiger partial charge on any atom is 0.494 e. The number of alkyl halides is 2. The van der Waals surface area contributed by atoms with Crippen molar-refractivity contribution in [2.24, 2.45) is 0 Å². The lowest BCUT2D eigenvalue weighted by atomic mass is 9.74. The predicted octanol–water partition coefficient (Wildman–Crippen LogP) is 3.50. The average Bonchev–Trinajstić information content (AvgIpc) is 2.56. The smallest absolute Gasteiger partial charge is 0.399 e. The molecule has 114 valence electrons. The van der Waals surface area contributed by atoms with Gasteiger partial charge in [-0.3, -0.25) is 0 Å². The number of rotatable bonds is 2. The quantitative estimate of drug-likeness (QED) is 0.777. The molecule has 0 spiro atoms. The zero-order valence-corrected chi connectivity index (χ0v) is 13.0. The molecule has 3 rings (SSSR count). The molecule has 1 saturated heterocycles. The second-order valence-corrected chi connectivity index (χ2v) is 7.22. The zero-order chi connectivity index (χ0) is 15.5. The van der Waals surface area contributed by atoms with Gasteiger partial charge < -0.3 is 9.31 Å². The molecular weight excluding hydrogens is 273 g/mol. The summed E-state index contributed by atoms with van der Waals surface area (Å²) in [6.45, 7) is 8.05. The van der Waals surface area contributed by atoms with Gasteiger partial charge in [-0.25, -0.2) is 8.78 Å². The summed E-state index contributed by atoms with van der Waals surface area (Å²) in [7, 11) is -0.396. The predicted molar refractivity (Wildman–Crippen MR) is 79.1 cm³/mol. The molecule has 0 N–H and O–H groups in total. The highest BCUT2D eigenvalue weighted by atomic mass is 19.3. The third-order valence-corrected chi connectivity index (χ3v) is 5.02. The van der Waals surface area contributed by atoms with Crippen LogP contribution in [-0.2, 0) is 9.31 Å². The van der Waals surface area contributed by atoms with Gasteiger partial charge in [-0.2, -0.15) is 0 Å². The van der Waals surface area contributed by atoms with E-state index in [-0.39, 0.29) is 30.0 Å². The van der Waals surface area contributed by atoms with Crippen LogP contribution in [0.3, 0.4) is 0 Å². The lowest BCUT2D eigenvalue weighted by Gasteiger charge is -2.35. The van der Waals surface area contributed by atoms with E-state index in [1.165, 1.54) is 0 Å². The van der Waals surface area contributed by atoms with Crippen LogP contribution in [0.15, 0.2) is 24.3 Å². The second-order valence-electron chi connectivity index (χ2n) is 7.22. The van der Waals surface area contributed by atoms with Gasteiger partial charge in [-0.05, 0) is 44.6 Å². The van der Waals surface area contributed by atoms with E-state index < -0.39 is 13.0 Å². The molecule has 0 radical (unpaired) electrons. The van der Waals surface area contributed by atoms with Crippen molar-refractivity contribution in [3.63, 3.8) is 0 Å². The van der Waals surface area contributed by atoms with Crippen molar-refractivity contribution in [1.82, 2.24) is 0 Å². The molecule has 5 heteroatoms. The highest BCUT2D eigenvalue weighted by molar-refractivity contribution is 6.62. The van der Waals surface area contributed by atoms with E-state index in [0.717, 1.165) is 11.0 Å². The maximum atomic E-state index is 12.9. The first-order valence-corrected chi connectivity index (χ1v) is 7.43. The summed E-state index contributed by atoms with van der Waals surface area (Å²) in [5.41, 5.74) is 1.17. The third-order valence-electron chi connectivity index (χ3n) is 5.02. The van der Waals surface area contributed by atoms with Crippen LogP contribution in [-0.4, -0.2) is 24.2 Å². The molecule has 21 heavy (non-hydrogen) atoms. The normalized spacial score (nSPS) is 26.7. The van der Waals surface area contributed by atoms with E-state index in [1.54, 1.807) is 0 Å². The highest BCUT2D eigenvalue weighted by Crippen LogP contribution is 2.48. The van der Waals surface area contributed by atoms with E-state index in [2.05, 4.69) is 0 Å². The standard InChI is InChI=1S/C16H21BF2O2/c1-14(2)15(3,4)21-17(20-14)13-7-5-11(6-8-13)12-9-16(18,19)10-12/h5-8,12H,9-10H2,1-4H3. The van der Waals surface area contributed by atoms with Gasteiger partial charge >= 0.3 is 7.12 Å². The molecule has 2 nitrogen and oxygen atoms in total. The van der Waals surface area contributed by atoms with Crippen LogP contribution >= 0.6 is 0 Å². The highest BCUT2D eigenvalue weighted by Gasteiger charge is 2.51. The zero-order valence-electron chi connectivity index (χ0n) is 13.0. The van der Waals surface area contributed by atoms with Crippen LogP contribution in [0.4, 0.5) is 8.78 Å². The first-order chi connectivity index (χ1) is 9.60. The Hall–Kier alpha value is -0.935. The van der Waals surface area contributed by atoms with Crippen molar-refractivity contribution >= 4 is 12.6 Å². The third kappa shape index (κ3) is 2.62. The van der Waals surface area contributed by atoms with Crippen molar-refractivity contribution in [3.8, 4) is 0 Å². The lowest BCUT2D eigenvalue weighted by molar-refractivity contribution is -0.0867. The average molecular weight is 294 g/mol. The van der Waals surface area contributed by atoms with Crippen molar-refractivity contribution in [2.75, 3.05) is 0 Å². The minimum Gasteiger partial charge on any atom is -0.399 e. The summed E-state index contributed by atoms with van der Waals surface area (Å²) in [6, 6.07) is 7.68. The summed E-state index contributed by atoms with van der Waals surface area (Å²) in [4.78, 5) is 0. The Morgan fingerprint density at radius 2 is 1.43 bits per heavy atom. The molecule has 1 heterocycles. The largest absolute Gasteiger partial charge is 0.494 e. The summed E-state index contributed by atoms with van der Waals surface area (Å²) in [6.07, 6.45) is -0.0777. The Kier molecular flexibility index (Phi) is 3.23. The molecule has 1 aliphatic heterocycles. The molecule has 0 atom stereocenters. The SMILES string of the molecule is CC1(C)OB(c2ccc(C3CC(F)(F)C3)cc2)OC1(C)C. The molecule has 0 aromatic heterocycles. The summed E-state index contributed by atoms with van der Waals surface area (Å²) in [5, 5.41) is 0. The van der Waals surface area contributed by atoms with E-state index in [9.17, 15) is 8.78 Å². The van der Waals surface area contributed by atoms with Gasteiger partial charge in [0.2, 0.25) is 5.92 Å². The molecule has 0 bridgehead atoms. The monoisotopic (exact) mass is 294 g/mol. The Morgan fingerprint density at radius 1 is 0.952 bits per heavy atom. The fourth-order valence-corrected chi connectivity index (χ4v) is 2.80. The fourth-order valence-electron chi connectivity index (χ4n) is 2.80. The van der Waals surface area contributed by atoms with Gasteiger partial charge in [0, 0.05) is 12.8 Å². The number of halogens is 2. The van der Waals surface area contributed by atoms with Crippen LogP contribution in [0.25, 0.3) is 0 Å². The van der Waals surface area contributed by atoms with Crippen molar-refractivity contribution in [3.05, 3.63) is 29.8 Å². The number of hydrogen-bond acceptors (Lipinski definition) is 2. The van der Waals surface area contributed by atoms with Crippen molar-refractivity contribution < 1.29 is 18.1 Å². The maximum absolute atomic E-state index is 12.9. The van der Waals surface area contributed by atoms with Gasteiger partial charge in [0.25, 0.3) is 0 Å². The summed E-state index contributed by atoms with van der Waals surface area (Å²) in [5.74, 6) is -2.50. The van der Waals surface area contributed by atoms with Crippen LogP contribution < -0.4 is 5.46 Å². The Bertz CT molecular complexity index is 516. The van der Waals surface area contributed by atoms with Gasteiger partial charge in [0.15, 0.2) is 0 Å². The van der Waals surface area contributed by atoms with Crippen molar-refractivity contribution in [2.45, 2.75) is 63.6 Å². The van der Waals surface area contributed by atoms with Gasteiger partial charge in [0.1, 0.15) is 0 Å². The number of benzene rings is 1. The molecule has 1 saturated carbocycles. The molecule has 1 aromatic rings. The van der Waals surface area contributed by atoms with Crippen LogP contribution in [0.2, 0.25) is 0 Å². The van der Waals surface area contributed by atoms with E-state index in [0.29, 0.717) is 0 Å². The first-order valence-electron chi connectivity index (χ1n) is 7.43. The molecule has 1 aromatic carbocycles. The van der Waals surface area contributed by atoms with E-state index in [1.807, 2.05) is 52.0 Å². The minimum atomic E-state index is -2.48. The first kappa shape index (κ1) is 15.0.